The van der Waals surface area contributed by atoms with E-state index in [1.807, 2.05) is 0 Å². The van der Waals surface area contributed by atoms with Crippen molar-refractivity contribution >= 4 is 17.6 Å². The predicted molar refractivity (Wildman–Crippen MR) is 112 cm³/mol. The lowest BCUT2D eigenvalue weighted by molar-refractivity contribution is -0.134. The Labute approximate surface area is 184 Å². The number of amides is 1. The Morgan fingerprint density at radius 2 is 1.91 bits per heavy atom. The van der Waals surface area contributed by atoms with E-state index in [0.717, 1.165) is 6.07 Å². The van der Waals surface area contributed by atoms with Crippen molar-refractivity contribution in [3.05, 3.63) is 65.3 Å². The fourth-order valence-corrected chi connectivity index (χ4v) is 3.70. The minimum absolute atomic E-state index is 0.0852. The van der Waals surface area contributed by atoms with Gasteiger partial charge in [0.2, 0.25) is 0 Å². The van der Waals surface area contributed by atoms with Crippen molar-refractivity contribution in [2.24, 2.45) is 0 Å². The molecule has 0 saturated heterocycles. The summed E-state index contributed by atoms with van der Waals surface area (Å²) in [6, 6.07) is 3.03. The standard InChI is InChI=1S/C23H25F2N3O4/c1-23(2,3)32-22(30)28-20-15(14-6-5-7-16(24)18(14)25)9-8-13(12-17(29)31-4)19-21(20)27-11-10-26-19/h5-7,10-12,15,20H,8-9H2,1-4H3,(H,28,30)/t15-,20-/m0/s1. The highest BCUT2D eigenvalue weighted by Crippen LogP contribution is 2.43. The second-order valence-corrected chi connectivity index (χ2v) is 8.40. The highest BCUT2D eigenvalue weighted by molar-refractivity contribution is 5.91. The number of nitrogens with one attached hydrogen (secondary N) is 1. The molecule has 1 aliphatic carbocycles. The third-order valence-electron chi connectivity index (χ3n) is 5.00. The van der Waals surface area contributed by atoms with E-state index in [9.17, 15) is 18.4 Å². The second-order valence-electron chi connectivity index (χ2n) is 8.40. The number of halogens is 2. The molecule has 2 atom stereocenters. The van der Waals surface area contributed by atoms with Crippen LogP contribution in [0.3, 0.4) is 0 Å². The number of carbonyl (C=O) groups excluding carboxylic acids is 2. The number of carbonyl (C=O) groups is 2. The predicted octanol–water partition coefficient (Wildman–Crippen LogP) is 4.45. The summed E-state index contributed by atoms with van der Waals surface area (Å²) < 4.78 is 39.0. The first-order valence-electron chi connectivity index (χ1n) is 10.1. The summed E-state index contributed by atoms with van der Waals surface area (Å²) in [7, 11) is 1.26. The number of ether oxygens (including phenoxy) is 2. The highest BCUT2D eigenvalue weighted by Gasteiger charge is 2.36. The van der Waals surface area contributed by atoms with Crippen LogP contribution in [0.5, 0.6) is 0 Å². The molecule has 1 aromatic heterocycles. The van der Waals surface area contributed by atoms with Gasteiger partial charge in [-0.1, -0.05) is 12.1 Å². The molecule has 0 fully saturated rings. The first kappa shape index (κ1) is 23.3. The number of aromatic nitrogens is 2. The van der Waals surface area contributed by atoms with Gasteiger partial charge < -0.3 is 14.8 Å². The molecule has 0 unspecified atom stereocenters. The zero-order valence-electron chi connectivity index (χ0n) is 18.3. The molecule has 0 bridgehead atoms. The first-order valence-corrected chi connectivity index (χ1v) is 10.1. The Bertz CT molecular complexity index is 1050. The third kappa shape index (κ3) is 5.27. The molecule has 1 N–H and O–H groups in total. The van der Waals surface area contributed by atoms with Gasteiger partial charge in [-0.15, -0.1) is 0 Å². The second kappa shape index (κ2) is 9.42. The fraction of sp³-hybridized carbons (Fsp3) is 0.391. The van der Waals surface area contributed by atoms with Crippen LogP contribution in [0.15, 0.2) is 36.7 Å². The average Bonchev–Trinajstić information content (AvgIpc) is 2.86. The smallest absolute Gasteiger partial charge is 0.408 e. The van der Waals surface area contributed by atoms with Gasteiger partial charge in [0.15, 0.2) is 11.6 Å². The SMILES string of the molecule is COC(=O)C=C1CC[C@@H](c2cccc(F)c2F)[C@H](NC(=O)OC(C)(C)C)c2nccnc21. The molecule has 9 heteroatoms. The van der Waals surface area contributed by atoms with Crippen LogP contribution in [0.4, 0.5) is 13.6 Å². The largest absolute Gasteiger partial charge is 0.466 e. The maximum Gasteiger partial charge on any atom is 0.408 e. The molecule has 170 valence electrons. The van der Waals surface area contributed by atoms with Gasteiger partial charge in [0.05, 0.1) is 24.5 Å². The van der Waals surface area contributed by atoms with Crippen LogP contribution in [-0.2, 0) is 14.3 Å². The van der Waals surface area contributed by atoms with E-state index in [2.05, 4.69) is 15.3 Å². The van der Waals surface area contributed by atoms with Crippen LogP contribution < -0.4 is 5.32 Å². The molecule has 1 aliphatic rings. The van der Waals surface area contributed by atoms with Crippen LogP contribution in [0, 0.1) is 11.6 Å². The molecule has 0 aliphatic heterocycles. The number of nitrogens with zero attached hydrogens (tertiary/aromatic N) is 2. The summed E-state index contributed by atoms with van der Waals surface area (Å²) in [5.74, 6) is -3.27. The number of allylic oxidation sites excluding steroid dienone is 1. The zero-order valence-corrected chi connectivity index (χ0v) is 18.3. The number of rotatable bonds is 3. The van der Waals surface area contributed by atoms with E-state index in [-0.39, 0.29) is 12.0 Å². The number of fused-ring (bicyclic) bond motifs is 1. The minimum atomic E-state index is -1.00. The monoisotopic (exact) mass is 445 g/mol. The number of methoxy groups -OCH3 is 1. The van der Waals surface area contributed by atoms with Crippen molar-refractivity contribution in [2.75, 3.05) is 7.11 Å². The number of alkyl carbamates (subject to hydrolysis) is 1. The lowest BCUT2D eigenvalue weighted by atomic mass is 9.86. The molecule has 7 nitrogen and oxygen atoms in total. The van der Waals surface area contributed by atoms with Gasteiger partial charge in [-0.05, 0) is 50.8 Å². The zero-order chi connectivity index (χ0) is 23.5. The lowest BCUT2D eigenvalue weighted by Crippen LogP contribution is -2.38. The number of hydrogen-bond acceptors (Lipinski definition) is 6. The van der Waals surface area contributed by atoms with Crippen LogP contribution in [-0.4, -0.2) is 34.7 Å². The van der Waals surface area contributed by atoms with Crippen molar-refractivity contribution < 1.29 is 27.8 Å². The summed E-state index contributed by atoms with van der Waals surface area (Å²) >= 11 is 0. The van der Waals surface area contributed by atoms with Gasteiger partial charge in [-0.25, -0.2) is 18.4 Å². The topological polar surface area (TPSA) is 90.4 Å². The quantitative estimate of drug-likeness (QED) is 0.426. The molecule has 3 rings (SSSR count). The van der Waals surface area contributed by atoms with Crippen molar-refractivity contribution in [3.63, 3.8) is 0 Å². The van der Waals surface area contributed by atoms with E-state index >= 15 is 0 Å². The van der Waals surface area contributed by atoms with E-state index in [1.165, 1.54) is 37.7 Å². The third-order valence-corrected chi connectivity index (χ3v) is 5.00. The van der Waals surface area contributed by atoms with Gasteiger partial charge in [-0.3, -0.25) is 9.97 Å². The van der Waals surface area contributed by atoms with Crippen molar-refractivity contribution in [1.29, 1.82) is 0 Å². The van der Waals surface area contributed by atoms with Crippen LogP contribution in [0.2, 0.25) is 0 Å². The number of esters is 1. The van der Waals surface area contributed by atoms with Crippen LogP contribution in [0.25, 0.3) is 5.57 Å². The molecule has 1 heterocycles. The van der Waals surface area contributed by atoms with E-state index in [4.69, 9.17) is 9.47 Å². The molecule has 0 saturated carbocycles. The van der Waals surface area contributed by atoms with Gasteiger partial charge in [0, 0.05) is 24.4 Å². The molecule has 0 spiro atoms. The average molecular weight is 445 g/mol. The van der Waals surface area contributed by atoms with Gasteiger partial charge in [0.1, 0.15) is 5.60 Å². The molecule has 1 amide bonds. The molecule has 0 radical (unpaired) electrons. The minimum Gasteiger partial charge on any atom is -0.466 e. The molecule has 1 aromatic carbocycles. The van der Waals surface area contributed by atoms with E-state index in [0.29, 0.717) is 23.4 Å². The van der Waals surface area contributed by atoms with Gasteiger partial charge in [0.25, 0.3) is 0 Å². The Morgan fingerprint density at radius 1 is 1.19 bits per heavy atom. The summed E-state index contributed by atoms with van der Waals surface area (Å²) in [5.41, 5.74) is 0.533. The Morgan fingerprint density at radius 3 is 2.59 bits per heavy atom. The summed E-state index contributed by atoms with van der Waals surface area (Å²) in [4.78, 5) is 33.3. The van der Waals surface area contributed by atoms with Crippen molar-refractivity contribution in [1.82, 2.24) is 15.3 Å². The first-order chi connectivity index (χ1) is 15.1. The lowest BCUT2D eigenvalue weighted by Gasteiger charge is -2.28. The number of benzene rings is 1. The number of hydrogen-bond donors (Lipinski definition) is 1. The Hall–Kier alpha value is -3.36. The van der Waals surface area contributed by atoms with E-state index < -0.39 is 41.3 Å². The highest BCUT2D eigenvalue weighted by atomic mass is 19.2. The molecule has 2 aromatic rings. The van der Waals surface area contributed by atoms with Gasteiger partial charge >= 0.3 is 12.1 Å². The molecule has 32 heavy (non-hydrogen) atoms. The van der Waals surface area contributed by atoms with Crippen LogP contribution in [0.1, 0.15) is 62.5 Å². The Kier molecular flexibility index (Phi) is 6.86. The normalized spacial score (nSPS) is 19.6. The Balaban J connectivity index is 2.14. The maximum atomic E-state index is 14.8. The molecular formula is C23H25F2N3O4. The maximum absolute atomic E-state index is 14.8. The summed E-state index contributed by atoms with van der Waals surface area (Å²) in [6.07, 6.45) is 4.03. The fourth-order valence-electron chi connectivity index (χ4n) is 3.70. The van der Waals surface area contributed by atoms with Crippen molar-refractivity contribution in [2.45, 2.75) is 51.2 Å². The molecular weight excluding hydrogens is 420 g/mol. The van der Waals surface area contributed by atoms with Crippen LogP contribution >= 0.6 is 0 Å². The summed E-state index contributed by atoms with van der Waals surface area (Å²) in [5, 5.41) is 2.76. The summed E-state index contributed by atoms with van der Waals surface area (Å²) in [6.45, 7) is 5.15. The van der Waals surface area contributed by atoms with Gasteiger partial charge in [-0.2, -0.15) is 0 Å². The van der Waals surface area contributed by atoms with E-state index in [1.54, 1.807) is 20.8 Å². The van der Waals surface area contributed by atoms with Crippen molar-refractivity contribution in [3.8, 4) is 0 Å².